The predicted octanol–water partition coefficient (Wildman–Crippen LogP) is 5.68. The molecule has 1 N–H and O–H groups in total. The first-order valence-corrected chi connectivity index (χ1v) is 9.65. The predicted molar refractivity (Wildman–Crippen MR) is 98.1 cm³/mol. The number of rotatable bonds is 11. The van der Waals surface area contributed by atoms with Crippen LogP contribution < -0.4 is 5.32 Å². The summed E-state index contributed by atoms with van der Waals surface area (Å²) >= 11 is 2.16. The maximum atomic E-state index is 3.79. The first-order chi connectivity index (χ1) is 10.2. The monoisotopic (exact) mass is 307 g/mol. The average Bonchev–Trinajstić information content (AvgIpc) is 2.50. The Labute approximate surface area is 136 Å². The van der Waals surface area contributed by atoms with Crippen LogP contribution in [0.4, 0.5) is 0 Å². The molecule has 0 amide bonds. The van der Waals surface area contributed by atoms with Crippen LogP contribution in [-0.2, 0) is 0 Å². The highest BCUT2D eigenvalue weighted by atomic mass is 32.2. The molecule has 1 aromatic rings. The van der Waals surface area contributed by atoms with Gasteiger partial charge in [0.05, 0.1) is 0 Å². The molecular formula is C19H33NS. The van der Waals surface area contributed by atoms with Crippen LogP contribution >= 0.6 is 11.8 Å². The quantitative estimate of drug-likeness (QED) is 0.528. The molecule has 1 nitrogen and oxygen atoms in total. The molecule has 1 rings (SSSR count). The molecule has 0 saturated heterocycles. The maximum absolute atomic E-state index is 3.79. The highest BCUT2D eigenvalue weighted by Crippen LogP contribution is 2.33. The van der Waals surface area contributed by atoms with Crippen LogP contribution in [0.25, 0.3) is 0 Å². The summed E-state index contributed by atoms with van der Waals surface area (Å²) in [6.45, 7) is 10.3. The van der Waals surface area contributed by atoms with Crippen molar-refractivity contribution in [2.75, 3.05) is 12.3 Å². The van der Waals surface area contributed by atoms with Crippen LogP contribution in [0.15, 0.2) is 30.3 Å². The number of hydrogen-bond acceptors (Lipinski definition) is 2. The Balaban J connectivity index is 2.75. The van der Waals surface area contributed by atoms with Gasteiger partial charge in [0, 0.05) is 11.3 Å². The molecule has 0 heterocycles. The summed E-state index contributed by atoms with van der Waals surface area (Å²) in [5.41, 5.74) is 1.44. The summed E-state index contributed by atoms with van der Waals surface area (Å²) in [5.74, 6) is 1.97. The zero-order valence-electron chi connectivity index (χ0n) is 14.3. The Morgan fingerprint density at radius 3 is 2.29 bits per heavy atom. The van der Waals surface area contributed by atoms with Crippen LogP contribution in [0.3, 0.4) is 0 Å². The van der Waals surface area contributed by atoms with E-state index in [1.807, 2.05) is 0 Å². The Hall–Kier alpha value is -0.470. The molecular weight excluding hydrogens is 274 g/mol. The lowest BCUT2D eigenvalue weighted by Crippen LogP contribution is -2.34. The number of unbranched alkanes of at least 4 members (excludes halogenated alkanes) is 2. The van der Waals surface area contributed by atoms with Gasteiger partial charge < -0.3 is 5.32 Å². The fourth-order valence-corrected chi connectivity index (χ4v) is 4.10. The highest BCUT2D eigenvalue weighted by Gasteiger charge is 2.25. The van der Waals surface area contributed by atoms with Gasteiger partial charge in [-0.15, -0.1) is 0 Å². The van der Waals surface area contributed by atoms with E-state index in [0.717, 1.165) is 6.54 Å². The molecule has 0 aliphatic carbocycles. The largest absolute Gasteiger partial charge is 0.309 e. The third-order valence-corrected chi connectivity index (χ3v) is 5.54. The second-order valence-corrected chi connectivity index (χ2v) is 7.41. The Morgan fingerprint density at radius 1 is 1.00 bits per heavy atom. The number of hydrogen-bond donors (Lipinski definition) is 1. The van der Waals surface area contributed by atoms with Crippen molar-refractivity contribution in [1.29, 1.82) is 0 Å². The first kappa shape index (κ1) is 18.6. The number of benzene rings is 1. The number of nitrogens with one attached hydrogen (secondary N) is 1. The molecule has 0 fully saturated rings. The fraction of sp³-hybridized carbons (Fsp3) is 0.684. The Morgan fingerprint density at radius 2 is 1.71 bits per heavy atom. The summed E-state index contributed by atoms with van der Waals surface area (Å²) in [6, 6.07) is 11.5. The molecule has 0 aliphatic rings. The van der Waals surface area contributed by atoms with Crippen molar-refractivity contribution in [2.24, 2.45) is 5.92 Å². The van der Waals surface area contributed by atoms with Crippen molar-refractivity contribution in [3.63, 3.8) is 0 Å². The zero-order chi connectivity index (χ0) is 15.5. The van der Waals surface area contributed by atoms with E-state index in [9.17, 15) is 0 Å². The van der Waals surface area contributed by atoms with E-state index in [1.165, 1.54) is 37.0 Å². The van der Waals surface area contributed by atoms with E-state index in [-0.39, 0.29) is 0 Å². The van der Waals surface area contributed by atoms with Crippen LogP contribution in [0.2, 0.25) is 0 Å². The Kier molecular flexibility index (Phi) is 9.86. The minimum Gasteiger partial charge on any atom is -0.309 e. The van der Waals surface area contributed by atoms with E-state index in [1.54, 1.807) is 0 Å². The van der Waals surface area contributed by atoms with Gasteiger partial charge in [-0.2, -0.15) is 11.8 Å². The molecule has 0 spiro atoms. The molecule has 2 heteroatoms. The van der Waals surface area contributed by atoms with Gasteiger partial charge in [-0.1, -0.05) is 70.9 Å². The normalized spacial score (nSPS) is 14.3. The third-order valence-electron chi connectivity index (χ3n) is 3.82. The minimum absolute atomic E-state index is 0.470. The lowest BCUT2D eigenvalue weighted by molar-refractivity contribution is 0.444. The van der Waals surface area contributed by atoms with Gasteiger partial charge in [-0.25, -0.2) is 0 Å². The summed E-state index contributed by atoms with van der Waals surface area (Å²) in [5, 5.41) is 4.44. The third kappa shape index (κ3) is 6.88. The highest BCUT2D eigenvalue weighted by molar-refractivity contribution is 7.99. The van der Waals surface area contributed by atoms with Crippen LogP contribution in [0.5, 0.6) is 0 Å². The molecule has 2 atom stereocenters. The molecule has 0 bridgehead atoms. The van der Waals surface area contributed by atoms with Gasteiger partial charge in [-0.3, -0.25) is 0 Å². The molecule has 0 aliphatic heterocycles. The van der Waals surface area contributed by atoms with Gasteiger partial charge in [0.15, 0.2) is 0 Å². The second-order valence-electron chi connectivity index (χ2n) is 6.13. The van der Waals surface area contributed by atoms with Crippen molar-refractivity contribution in [3.8, 4) is 0 Å². The van der Waals surface area contributed by atoms with E-state index >= 15 is 0 Å². The second kappa shape index (κ2) is 11.1. The first-order valence-electron chi connectivity index (χ1n) is 8.60. The summed E-state index contributed by atoms with van der Waals surface area (Å²) in [7, 11) is 0. The minimum atomic E-state index is 0.470. The van der Waals surface area contributed by atoms with Gasteiger partial charge in [-0.05, 0) is 36.6 Å². The van der Waals surface area contributed by atoms with Gasteiger partial charge in [0.1, 0.15) is 0 Å². The molecule has 0 saturated carbocycles. The van der Waals surface area contributed by atoms with Crippen LogP contribution in [0, 0.1) is 5.92 Å². The summed E-state index contributed by atoms with van der Waals surface area (Å²) < 4.78 is 0. The number of thioether (sulfide) groups is 1. The van der Waals surface area contributed by atoms with Crippen molar-refractivity contribution in [3.05, 3.63) is 35.9 Å². The molecule has 0 aromatic heterocycles. The molecule has 0 radical (unpaired) electrons. The van der Waals surface area contributed by atoms with E-state index < -0.39 is 0 Å². The lowest BCUT2D eigenvalue weighted by atomic mass is 9.96. The topological polar surface area (TPSA) is 12.0 Å². The van der Waals surface area contributed by atoms with Gasteiger partial charge >= 0.3 is 0 Å². The van der Waals surface area contributed by atoms with E-state index in [2.05, 4.69) is 75.1 Å². The lowest BCUT2D eigenvalue weighted by Gasteiger charge is -2.31. The maximum Gasteiger partial charge on any atom is 0.0443 e. The van der Waals surface area contributed by atoms with E-state index in [0.29, 0.717) is 17.2 Å². The van der Waals surface area contributed by atoms with Gasteiger partial charge in [0.2, 0.25) is 0 Å². The van der Waals surface area contributed by atoms with Crippen molar-refractivity contribution >= 4 is 11.8 Å². The van der Waals surface area contributed by atoms with Gasteiger partial charge in [0.25, 0.3) is 0 Å². The average molecular weight is 308 g/mol. The fourth-order valence-electron chi connectivity index (χ4n) is 2.63. The van der Waals surface area contributed by atoms with Crippen LogP contribution in [-0.4, -0.2) is 17.5 Å². The van der Waals surface area contributed by atoms with Crippen molar-refractivity contribution < 1.29 is 0 Å². The summed E-state index contributed by atoms with van der Waals surface area (Å²) in [4.78, 5) is 0. The van der Waals surface area contributed by atoms with Crippen molar-refractivity contribution in [1.82, 2.24) is 5.32 Å². The zero-order valence-corrected chi connectivity index (χ0v) is 15.1. The van der Waals surface area contributed by atoms with E-state index in [4.69, 9.17) is 0 Å². The van der Waals surface area contributed by atoms with Crippen LogP contribution in [0.1, 0.15) is 65.0 Å². The molecule has 1 aromatic carbocycles. The summed E-state index contributed by atoms with van der Waals surface area (Å²) in [6.07, 6.45) is 5.20. The smallest absolute Gasteiger partial charge is 0.0443 e. The molecule has 120 valence electrons. The Bertz CT molecular complexity index is 350. The standard InChI is InChI=1S/C19H33NS/c1-5-7-11-15-21-19(16(3)4)18(20-14-6-2)17-12-9-8-10-13-17/h8-10,12-13,16,18-20H,5-7,11,14-15H2,1-4H3. The molecule has 21 heavy (non-hydrogen) atoms. The SMILES string of the molecule is CCCCCSC(C(C)C)C(NCCC)c1ccccc1. The molecule has 2 unspecified atom stereocenters. The van der Waals surface area contributed by atoms with Crippen molar-refractivity contribution in [2.45, 2.75) is 64.7 Å².